The van der Waals surface area contributed by atoms with Crippen LogP contribution in [0, 0.1) is 5.82 Å². The van der Waals surface area contributed by atoms with Gasteiger partial charge in [0.05, 0.1) is 29.6 Å². The number of nitrogens with one attached hydrogen (secondary N) is 3. The lowest BCUT2D eigenvalue weighted by molar-refractivity contribution is 0.0997. The molecule has 0 bridgehead atoms. The van der Waals surface area contributed by atoms with Gasteiger partial charge in [0.1, 0.15) is 23.2 Å². The zero-order chi connectivity index (χ0) is 26.6. The van der Waals surface area contributed by atoms with Crippen molar-refractivity contribution in [3.63, 3.8) is 0 Å². The molecule has 0 unspecified atom stereocenters. The van der Waals surface area contributed by atoms with Crippen LogP contribution in [-0.2, 0) is 0 Å². The number of benzene rings is 2. The van der Waals surface area contributed by atoms with Gasteiger partial charge in [0.2, 0.25) is 5.95 Å². The van der Waals surface area contributed by atoms with Gasteiger partial charge in [-0.1, -0.05) is 19.1 Å². The number of amides is 1. The summed E-state index contributed by atoms with van der Waals surface area (Å²) in [7, 11) is 1.65. The van der Waals surface area contributed by atoms with Gasteiger partial charge in [-0.25, -0.2) is 9.37 Å². The van der Waals surface area contributed by atoms with E-state index < -0.39 is 11.7 Å². The van der Waals surface area contributed by atoms with Gasteiger partial charge in [-0.15, -0.1) is 0 Å². The molecule has 0 saturated carbocycles. The van der Waals surface area contributed by atoms with Crippen molar-refractivity contribution in [3.05, 3.63) is 65.6 Å². The number of primary amides is 1. The molecule has 2 aromatic rings. The zero-order valence-corrected chi connectivity index (χ0v) is 21.6. The molecule has 10 heteroatoms. The first kappa shape index (κ1) is 25.5. The van der Waals surface area contributed by atoms with Crippen molar-refractivity contribution >= 4 is 29.0 Å². The maximum Gasteiger partial charge on any atom is 0.253 e. The fourth-order valence-electron chi connectivity index (χ4n) is 5.10. The minimum Gasteiger partial charge on any atom is -0.495 e. The first-order chi connectivity index (χ1) is 18.5. The molecule has 1 fully saturated rings. The van der Waals surface area contributed by atoms with E-state index in [1.165, 1.54) is 24.1 Å². The number of carbonyl (C=O) groups is 1. The van der Waals surface area contributed by atoms with Gasteiger partial charge in [0, 0.05) is 6.20 Å². The fraction of sp³-hybridized carbons (Fsp3) is 0.321. The number of methoxy groups -OCH3 is 1. The van der Waals surface area contributed by atoms with E-state index in [1.807, 2.05) is 6.07 Å². The SMILES string of the molecule is CCCN1CCC(c2ccc(Nc3nc(Nc4cccc(F)c4C(N)=O)c4ccnc-4[nH]3)c(OC)c2)CC1. The Morgan fingerprint density at radius 2 is 2.00 bits per heavy atom. The molecular formula is C28H32FN7O2. The van der Waals surface area contributed by atoms with Crippen LogP contribution in [0.1, 0.15) is 48.0 Å². The normalized spacial score (nSPS) is 14.5. The number of hydrogen-bond acceptors (Lipinski definition) is 7. The van der Waals surface area contributed by atoms with Gasteiger partial charge < -0.3 is 31.0 Å². The summed E-state index contributed by atoms with van der Waals surface area (Å²) in [4.78, 5) is 26.6. The van der Waals surface area contributed by atoms with Crippen LogP contribution in [0.25, 0.3) is 11.4 Å². The molecule has 1 saturated heterocycles. The van der Waals surface area contributed by atoms with Gasteiger partial charge in [-0.05, 0) is 80.7 Å². The summed E-state index contributed by atoms with van der Waals surface area (Å²) >= 11 is 0. The van der Waals surface area contributed by atoms with Crippen molar-refractivity contribution < 1.29 is 13.9 Å². The number of fused-ring (bicyclic) bond motifs is 1. The summed E-state index contributed by atoms with van der Waals surface area (Å²) in [6.07, 6.45) is 5.08. The van der Waals surface area contributed by atoms with Crippen LogP contribution in [0.3, 0.4) is 0 Å². The lowest BCUT2D eigenvalue weighted by Gasteiger charge is -2.32. The topological polar surface area (TPSA) is 121 Å². The molecule has 198 valence electrons. The number of rotatable bonds is 9. The van der Waals surface area contributed by atoms with Gasteiger partial charge in [0.25, 0.3) is 5.91 Å². The smallest absolute Gasteiger partial charge is 0.253 e. The van der Waals surface area contributed by atoms with Gasteiger partial charge in [-0.3, -0.25) is 4.79 Å². The highest BCUT2D eigenvalue weighted by molar-refractivity contribution is 5.99. The molecule has 3 aliphatic heterocycles. The molecule has 5 N–H and O–H groups in total. The molecule has 3 aliphatic rings. The Hall–Kier alpha value is -4.18. The van der Waals surface area contributed by atoms with Crippen LogP contribution < -0.4 is 21.1 Å². The second kappa shape index (κ2) is 11.1. The van der Waals surface area contributed by atoms with Crippen molar-refractivity contribution in [2.45, 2.75) is 32.1 Å². The molecule has 0 spiro atoms. The van der Waals surface area contributed by atoms with Crippen molar-refractivity contribution in [2.24, 2.45) is 5.73 Å². The summed E-state index contributed by atoms with van der Waals surface area (Å²) in [5.74, 6) is 0.986. The molecule has 0 radical (unpaired) electrons. The van der Waals surface area contributed by atoms with E-state index in [2.05, 4.69) is 49.5 Å². The predicted octanol–water partition coefficient (Wildman–Crippen LogP) is 5.23. The third kappa shape index (κ3) is 5.26. The number of anilines is 4. The van der Waals surface area contributed by atoms with Gasteiger partial charge in [0.15, 0.2) is 0 Å². The number of carbonyl (C=O) groups excluding carboxylic acids is 1. The molecule has 2 aromatic carbocycles. The lowest BCUT2D eigenvalue weighted by atomic mass is 9.89. The Morgan fingerprint density at radius 3 is 2.74 bits per heavy atom. The number of aromatic amines is 1. The summed E-state index contributed by atoms with van der Waals surface area (Å²) in [5.41, 5.74) is 8.09. The van der Waals surface area contributed by atoms with Crippen molar-refractivity contribution in [1.29, 1.82) is 0 Å². The summed E-state index contributed by atoms with van der Waals surface area (Å²) < 4.78 is 20.0. The third-order valence-electron chi connectivity index (χ3n) is 7.01. The van der Waals surface area contributed by atoms with E-state index in [4.69, 9.17) is 10.5 Å². The van der Waals surface area contributed by atoms with Crippen molar-refractivity contribution in [2.75, 3.05) is 37.4 Å². The minimum absolute atomic E-state index is 0.219. The maximum absolute atomic E-state index is 14.3. The number of likely N-dealkylation sites (tertiary alicyclic amines) is 1. The number of aromatic nitrogens is 3. The molecule has 3 heterocycles. The van der Waals surface area contributed by atoms with E-state index in [9.17, 15) is 9.18 Å². The van der Waals surface area contributed by atoms with E-state index in [0.717, 1.165) is 38.2 Å². The first-order valence-electron chi connectivity index (χ1n) is 12.8. The van der Waals surface area contributed by atoms with Crippen LogP contribution in [0.5, 0.6) is 5.75 Å². The largest absolute Gasteiger partial charge is 0.495 e. The van der Waals surface area contributed by atoms with E-state index >= 15 is 0 Å². The highest BCUT2D eigenvalue weighted by Crippen LogP contribution is 2.36. The number of halogens is 1. The van der Waals surface area contributed by atoms with Crippen LogP contribution in [-0.4, -0.2) is 52.5 Å². The zero-order valence-electron chi connectivity index (χ0n) is 21.6. The highest BCUT2D eigenvalue weighted by Gasteiger charge is 2.22. The van der Waals surface area contributed by atoms with Crippen LogP contribution >= 0.6 is 0 Å². The molecule has 1 amide bonds. The van der Waals surface area contributed by atoms with Crippen LogP contribution in [0.4, 0.5) is 27.5 Å². The molecule has 38 heavy (non-hydrogen) atoms. The third-order valence-corrected chi connectivity index (χ3v) is 7.01. The van der Waals surface area contributed by atoms with Crippen molar-refractivity contribution in [3.8, 4) is 17.1 Å². The number of H-pyrrole nitrogens is 1. The van der Waals surface area contributed by atoms with Gasteiger partial charge >= 0.3 is 0 Å². The molecular weight excluding hydrogens is 485 g/mol. The molecule has 0 aromatic heterocycles. The van der Waals surface area contributed by atoms with Gasteiger partial charge in [-0.2, -0.15) is 4.98 Å². The van der Waals surface area contributed by atoms with Crippen molar-refractivity contribution in [1.82, 2.24) is 19.9 Å². The highest BCUT2D eigenvalue weighted by atomic mass is 19.1. The quantitative estimate of drug-likeness (QED) is 0.240. The van der Waals surface area contributed by atoms with E-state index in [1.54, 1.807) is 25.4 Å². The lowest BCUT2D eigenvalue weighted by Crippen LogP contribution is -2.33. The second-order valence-electron chi connectivity index (χ2n) is 9.49. The average molecular weight is 518 g/mol. The standard InChI is InChI=1S/C28H32FN7O2/c1-3-13-36-14-10-17(11-15-36)18-7-8-21(23(16-18)38-2)33-28-34-26-19(9-12-31-26)27(35-28)32-22-6-4-5-20(29)24(22)25(30)37/h4-9,12,16-17H,3,10-11,13-15H2,1-2H3,(H2,30,37)(H3,31,32,33,34,35). The summed E-state index contributed by atoms with van der Waals surface area (Å²) in [6, 6.07) is 12.3. The Bertz CT molecular complexity index is 1400. The Labute approximate surface area is 221 Å². The molecule has 5 rings (SSSR count). The molecule has 0 atom stereocenters. The second-order valence-corrected chi connectivity index (χ2v) is 9.49. The summed E-state index contributed by atoms with van der Waals surface area (Å²) in [5, 5.41) is 6.34. The number of nitrogens with two attached hydrogens (primary N) is 1. The number of hydrogen-bond donors (Lipinski definition) is 4. The predicted molar refractivity (Wildman–Crippen MR) is 146 cm³/mol. The Kier molecular flexibility index (Phi) is 7.41. The number of piperidine rings is 1. The summed E-state index contributed by atoms with van der Waals surface area (Å²) in [6.45, 7) is 5.61. The Balaban J connectivity index is 1.41. The maximum atomic E-state index is 14.3. The average Bonchev–Trinajstić information content (AvgIpc) is 3.38. The first-order valence-corrected chi connectivity index (χ1v) is 12.8. The van der Waals surface area contributed by atoms with E-state index in [0.29, 0.717) is 34.8 Å². The van der Waals surface area contributed by atoms with Crippen LogP contribution in [0.2, 0.25) is 0 Å². The number of nitrogens with zero attached hydrogens (tertiary/aromatic N) is 3. The van der Waals surface area contributed by atoms with E-state index in [-0.39, 0.29) is 11.3 Å². The van der Waals surface area contributed by atoms with Crippen LogP contribution in [0.15, 0.2) is 48.7 Å². The Morgan fingerprint density at radius 1 is 1.18 bits per heavy atom. The molecule has 9 nitrogen and oxygen atoms in total. The number of ether oxygens (including phenoxy) is 1. The monoisotopic (exact) mass is 517 g/mol. The molecule has 0 aliphatic carbocycles. The fourth-order valence-corrected chi connectivity index (χ4v) is 5.10. The minimum atomic E-state index is -0.871.